The van der Waals surface area contributed by atoms with E-state index in [0.717, 1.165) is 22.8 Å². The average molecular weight is 277 g/mol. The van der Waals surface area contributed by atoms with Crippen LogP contribution in [0.2, 0.25) is 0 Å². The van der Waals surface area contributed by atoms with Crippen LogP contribution in [0.15, 0.2) is 17.5 Å². The lowest BCUT2D eigenvalue weighted by atomic mass is 10.2. The second kappa shape index (κ2) is 6.02. The van der Waals surface area contributed by atoms with Gasteiger partial charge in [-0.3, -0.25) is 4.79 Å². The third-order valence-electron chi connectivity index (χ3n) is 3.00. The molecule has 0 radical (unpaired) electrons. The van der Waals surface area contributed by atoms with Gasteiger partial charge in [0.2, 0.25) is 0 Å². The number of thiazole rings is 1. The number of rotatable bonds is 5. The van der Waals surface area contributed by atoms with Crippen molar-refractivity contribution in [2.45, 2.75) is 33.1 Å². The summed E-state index contributed by atoms with van der Waals surface area (Å²) in [6.07, 6.45) is 0.905. The summed E-state index contributed by atoms with van der Waals surface area (Å²) < 4.78 is 0. The van der Waals surface area contributed by atoms with Crippen LogP contribution >= 0.6 is 11.3 Å². The van der Waals surface area contributed by atoms with Gasteiger partial charge in [0.15, 0.2) is 0 Å². The van der Waals surface area contributed by atoms with Gasteiger partial charge in [-0.15, -0.1) is 11.3 Å². The summed E-state index contributed by atoms with van der Waals surface area (Å²) in [5.41, 5.74) is 2.74. The van der Waals surface area contributed by atoms with Crippen LogP contribution in [0, 0.1) is 6.92 Å². The van der Waals surface area contributed by atoms with Crippen LogP contribution in [-0.2, 0) is 6.42 Å². The zero-order valence-electron chi connectivity index (χ0n) is 11.5. The molecule has 19 heavy (non-hydrogen) atoms. The minimum atomic E-state index is -0.0557. The van der Waals surface area contributed by atoms with Crippen LogP contribution in [0.1, 0.15) is 46.6 Å². The number of aromatic nitrogens is 2. The summed E-state index contributed by atoms with van der Waals surface area (Å²) in [5, 5.41) is 6.04. The number of aryl methyl sites for hydroxylation is 2. The topological polar surface area (TPSA) is 57.8 Å². The van der Waals surface area contributed by atoms with E-state index in [0.29, 0.717) is 12.2 Å². The van der Waals surface area contributed by atoms with Gasteiger partial charge in [-0.2, -0.15) is 0 Å². The van der Waals surface area contributed by atoms with E-state index < -0.39 is 0 Å². The SMILES string of the molecule is CCc1ccc(C(=O)NCC(C)c2nc(C)cs2)[nH]1. The molecule has 1 atom stereocenters. The lowest BCUT2D eigenvalue weighted by Gasteiger charge is -2.09. The molecule has 2 aromatic rings. The molecule has 102 valence electrons. The fourth-order valence-electron chi connectivity index (χ4n) is 1.81. The number of nitrogens with one attached hydrogen (secondary N) is 2. The van der Waals surface area contributed by atoms with Crippen molar-refractivity contribution >= 4 is 17.2 Å². The van der Waals surface area contributed by atoms with Gasteiger partial charge in [0, 0.05) is 29.2 Å². The first-order chi connectivity index (χ1) is 9.10. The van der Waals surface area contributed by atoms with Gasteiger partial charge in [0.25, 0.3) is 5.91 Å². The maximum absolute atomic E-state index is 12.0. The molecule has 0 aliphatic rings. The predicted octanol–water partition coefficient (Wildman–Crippen LogP) is 2.88. The van der Waals surface area contributed by atoms with Crippen molar-refractivity contribution in [2.24, 2.45) is 0 Å². The summed E-state index contributed by atoms with van der Waals surface area (Å²) in [6.45, 7) is 6.72. The molecule has 0 saturated carbocycles. The first-order valence-corrected chi connectivity index (χ1v) is 7.36. The smallest absolute Gasteiger partial charge is 0.267 e. The van der Waals surface area contributed by atoms with E-state index in [9.17, 15) is 4.79 Å². The minimum absolute atomic E-state index is 0.0557. The van der Waals surface area contributed by atoms with Gasteiger partial charge in [0.05, 0.1) is 5.01 Å². The Kier molecular flexibility index (Phi) is 4.37. The summed E-state index contributed by atoms with van der Waals surface area (Å²) >= 11 is 1.64. The van der Waals surface area contributed by atoms with Gasteiger partial charge >= 0.3 is 0 Å². The number of carbonyl (C=O) groups excluding carboxylic acids is 1. The van der Waals surface area contributed by atoms with E-state index >= 15 is 0 Å². The molecule has 0 spiro atoms. The number of H-pyrrole nitrogens is 1. The summed E-state index contributed by atoms with van der Waals surface area (Å²) in [7, 11) is 0. The van der Waals surface area contributed by atoms with E-state index in [1.165, 1.54) is 0 Å². The fourth-order valence-corrected chi connectivity index (χ4v) is 2.66. The largest absolute Gasteiger partial charge is 0.354 e. The molecule has 0 saturated heterocycles. The van der Waals surface area contributed by atoms with Gasteiger partial charge in [-0.25, -0.2) is 4.98 Å². The van der Waals surface area contributed by atoms with Crippen molar-refractivity contribution in [2.75, 3.05) is 6.54 Å². The monoisotopic (exact) mass is 277 g/mol. The van der Waals surface area contributed by atoms with Gasteiger partial charge < -0.3 is 10.3 Å². The molecule has 2 heterocycles. The first kappa shape index (κ1) is 13.8. The highest BCUT2D eigenvalue weighted by molar-refractivity contribution is 7.09. The molecule has 0 bridgehead atoms. The van der Waals surface area contributed by atoms with Crippen LogP contribution in [0.3, 0.4) is 0 Å². The minimum Gasteiger partial charge on any atom is -0.354 e. The molecule has 0 aromatic carbocycles. The normalized spacial score (nSPS) is 12.4. The molecule has 2 N–H and O–H groups in total. The van der Waals surface area contributed by atoms with Crippen molar-refractivity contribution in [3.8, 4) is 0 Å². The Balaban J connectivity index is 1.89. The van der Waals surface area contributed by atoms with E-state index in [4.69, 9.17) is 0 Å². The Labute approximate surface area is 117 Å². The standard InChI is InChI=1S/C14H19N3OS/c1-4-11-5-6-12(17-11)13(18)15-7-9(2)14-16-10(3)8-19-14/h5-6,8-9,17H,4,7H2,1-3H3,(H,15,18). The van der Waals surface area contributed by atoms with Gasteiger partial charge in [-0.1, -0.05) is 13.8 Å². The van der Waals surface area contributed by atoms with Crippen molar-refractivity contribution in [3.05, 3.63) is 39.6 Å². The molecule has 0 fully saturated rings. The van der Waals surface area contributed by atoms with Crippen LogP contribution in [0.25, 0.3) is 0 Å². The van der Waals surface area contributed by atoms with E-state index in [-0.39, 0.29) is 11.8 Å². The van der Waals surface area contributed by atoms with Crippen LogP contribution in [0.5, 0.6) is 0 Å². The fraction of sp³-hybridized carbons (Fsp3) is 0.429. The third-order valence-corrected chi connectivity index (χ3v) is 4.19. The number of carbonyl (C=O) groups is 1. The van der Waals surface area contributed by atoms with Crippen LogP contribution in [-0.4, -0.2) is 22.4 Å². The molecule has 0 aliphatic carbocycles. The van der Waals surface area contributed by atoms with Crippen molar-refractivity contribution in [1.29, 1.82) is 0 Å². The van der Waals surface area contributed by atoms with E-state index in [1.807, 2.05) is 24.4 Å². The first-order valence-electron chi connectivity index (χ1n) is 6.48. The highest BCUT2D eigenvalue weighted by atomic mass is 32.1. The number of hydrogen-bond donors (Lipinski definition) is 2. The third kappa shape index (κ3) is 3.44. The lowest BCUT2D eigenvalue weighted by molar-refractivity contribution is 0.0947. The predicted molar refractivity (Wildman–Crippen MR) is 77.8 cm³/mol. The number of aromatic amines is 1. The molecule has 2 rings (SSSR count). The second-order valence-electron chi connectivity index (χ2n) is 4.69. The zero-order chi connectivity index (χ0) is 13.8. The molecule has 4 nitrogen and oxygen atoms in total. The van der Waals surface area contributed by atoms with Crippen molar-refractivity contribution < 1.29 is 4.79 Å². The Morgan fingerprint density at radius 3 is 2.89 bits per heavy atom. The maximum Gasteiger partial charge on any atom is 0.267 e. The second-order valence-corrected chi connectivity index (χ2v) is 5.58. The Hall–Kier alpha value is -1.62. The van der Waals surface area contributed by atoms with Crippen molar-refractivity contribution in [1.82, 2.24) is 15.3 Å². The highest BCUT2D eigenvalue weighted by Gasteiger charge is 2.13. The Morgan fingerprint density at radius 2 is 2.32 bits per heavy atom. The summed E-state index contributed by atoms with van der Waals surface area (Å²) in [4.78, 5) is 19.5. The molecule has 2 aromatic heterocycles. The van der Waals surface area contributed by atoms with E-state index in [1.54, 1.807) is 11.3 Å². The molecule has 1 unspecified atom stereocenters. The summed E-state index contributed by atoms with van der Waals surface area (Å²) in [6, 6.07) is 3.77. The number of hydrogen-bond acceptors (Lipinski definition) is 3. The number of amides is 1. The molecular formula is C14H19N3OS. The Morgan fingerprint density at radius 1 is 1.53 bits per heavy atom. The molecular weight excluding hydrogens is 258 g/mol. The molecule has 1 amide bonds. The van der Waals surface area contributed by atoms with Crippen LogP contribution < -0.4 is 5.32 Å². The molecule has 0 aliphatic heterocycles. The average Bonchev–Trinajstić information content (AvgIpc) is 3.04. The van der Waals surface area contributed by atoms with Gasteiger partial charge in [0.1, 0.15) is 5.69 Å². The lowest BCUT2D eigenvalue weighted by Crippen LogP contribution is -2.27. The Bertz CT molecular complexity index is 559. The highest BCUT2D eigenvalue weighted by Crippen LogP contribution is 2.18. The maximum atomic E-state index is 12.0. The summed E-state index contributed by atoms with van der Waals surface area (Å²) in [5.74, 6) is 0.183. The van der Waals surface area contributed by atoms with E-state index in [2.05, 4.69) is 29.1 Å². The van der Waals surface area contributed by atoms with Gasteiger partial charge in [-0.05, 0) is 25.5 Å². The van der Waals surface area contributed by atoms with Crippen LogP contribution in [0.4, 0.5) is 0 Å². The quantitative estimate of drug-likeness (QED) is 0.883. The zero-order valence-corrected chi connectivity index (χ0v) is 12.3. The van der Waals surface area contributed by atoms with Crippen molar-refractivity contribution in [3.63, 3.8) is 0 Å². The molecule has 5 heteroatoms. The number of nitrogens with zero attached hydrogens (tertiary/aromatic N) is 1.